The van der Waals surface area contributed by atoms with Gasteiger partial charge in [-0.25, -0.2) is 0 Å². The van der Waals surface area contributed by atoms with Crippen molar-refractivity contribution in [2.45, 2.75) is 27.2 Å². The molecule has 0 spiro atoms. The number of nitrogens with zero attached hydrogens (tertiary/aromatic N) is 1. The second-order valence-electron chi connectivity index (χ2n) is 4.78. The minimum Gasteiger partial charge on any atom is -0.384 e. The highest BCUT2D eigenvalue weighted by molar-refractivity contribution is 5.53. The van der Waals surface area contributed by atoms with Crippen molar-refractivity contribution in [3.8, 4) is 0 Å². The molecule has 0 unspecified atom stereocenters. The highest BCUT2D eigenvalue weighted by Crippen LogP contribution is 2.12. The van der Waals surface area contributed by atoms with Crippen molar-refractivity contribution in [1.29, 1.82) is 0 Å². The van der Waals surface area contributed by atoms with Crippen LogP contribution < -0.4 is 10.6 Å². The molecule has 1 aromatic heterocycles. The molecule has 18 heavy (non-hydrogen) atoms. The molecule has 0 saturated heterocycles. The van der Waals surface area contributed by atoms with E-state index in [9.17, 15) is 0 Å². The van der Waals surface area contributed by atoms with Gasteiger partial charge in [0.15, 0.2) is 0 Å². The zero-order valence-electron chi connectivity index (χ0n) is 11.7. The molecule has 1 rings (SSSR count). The largest absolute Gasteiger partial charge is 0.384 e. The molecule has 0 aliphatic heterocycles. The van der Waals surface area contributed by atoms with Crippen molar-refractivity contribution in [2.75, 3.05) is 36.9 Å². The lowest BCUT2D eigenvalue weighted by Gasteiger charge is -2.10. The van der Waals surface area contributed by atoms with E-state index in [0.29, 0.717) is 5.92 Å². The lowest BCUT2D eigenvalue weighted by Crippen LogP contribution is -2.12. The standard InChI is InChI=1S/C14H25N3O/c1-4-5-16-13-8-14(10-15-9-13)17-6-7-18-11-12(2)3/h8-10,12,16-17H,4-7,11H2,1-3H3. The lowest BCUT2D eigenvalue weighted by atomic mass is 10.2. The molecule has 0 amide bonds. The Morgan fingerprint density at radius 3 is 2.44 bits per heavy atom. The highest BCUT2D eigenvalue weighted by atomic mass is 16.5. The number of rotatable bonds is 9. The van der Waals surface area contributed by atoms with E-state index in [-0.39, 0.29) is 0 Å². The first-order valence-corrected chi connectivity index (χ1v) is 6.73. The number of aromatic nitrogens is 1. The van der Waals surface area contributed by atoms with Crippen LogP contribution >= 0.6 is 0 Å². The van der Waals surface area contributed by atoms with Gasteiger partial charge in [0.2, 0.25) is 0 Å². The predicted molar refractivity (Wildman–Crippen MR) is 77.2 cm³/mol. The monoisotopic (exact) mass is 251 g/mol. The van der Waals surface area contributed by atoms with Gasteiger partial charge < -0.3 is 15.4 Å². The van der Waals surface area contributed by atoms with Crippen LogP contribution in [0.2, 0.25) is 0 Å². The van der Waals surface area contributed by atoms with Crippen LogP contribution in [0.15, 0.2) is 18.5 Å². The van der Waals surface area contributed by atoms with Crippen molar-refractivity contribution in [3.63, 3.8) is 0 Å². The van der Waals surface area contributed by atoms with Gasteiger partial charge in [-0.2, -0.15) is 0 Å². The molecule has 0 radical (unpaired) electrons. The molecule has 4 nitrogen and oxygen atoms in total. The van der Waals surface area contributed by atoms with E-state index in [2.05, 4.69) is 42.5 Å². The Bertz CT molecular complexity index is 329. The molecular formula is C14H25N3O. The summed E-state index contributed by atoms with van der Waals surface area (Å²) in [5.41, 5.74) is 2.09. The molecule has 0 fully saturated rings. The molecule has 102 valence electrons. The maximum absolute atomic E-state index is 5.51. The van der Waals surface area contributed by atoms with Crippen LogP contribution in [0.4, 0.5) is 11.4 Å². The number of ether oxygens (including phenoxy) is 1. The van der Waals surface area contributed by atoms with Gasteiger partial charge in [-0.1, -0.05) is 20.8 Å². The Labute approximate surface area is 110 Å². The second kappa shape index (κ2) is 8.75. The Balaban J connectivity index is 2.24. The van der Waals surface area contributed by atoms with Crippen LogP contribution in [0.1, 0.15) is 27.2 Å². The summed E-state index contributed by atoms with van der Waals surface area (Å²) in [5, 5.41) is 6.63. The van der Waals surface area contributed by atoms with Gasteiger partial charge >= 0.3 is 0 Å². The minimum absolute atomic E-state index is 0.591. The zero-order chi connectivity index (χ0) is 13.2. The van der Waals surface area contributed by atoms with Gasteiger partial charge in [0.25, 0.3) is 0 Å². The molecule has 2 N–H and O–H groups in total. The van der Waals surface area contributed by atoms with Crippen LogP contribution in [0.3, 0.4) is 0 Å². The quantitative estimate of drug-likeness (QED) is 0.662. The summed E-state index contributed by atoms with van der Waals surface area (Å²) in [4.78, 5) is 4.20. The fourth-order valence-corrected chi connectivity index (χ4v) is 1.49. The molecule has 0 aliphatic rings. The summed E-state index contributed by atoms with van der Waals surface area (Å²) in [6.07, 6.45) is 4.79. The summed E-state index contributed by atoms with van der Waals surface area (Å²) >= 11 is 0. The number of hydrogen-bond acceptors (Lipinski definition) is 4. The first-order chi connectivity index (χ1) is 8.72. The van der Waals surface area contributed by atoms with E-state index >= 15 is 0 Å². The van der Waals surface area contributed by atoms with Crippen LogP contribution in [0.25, 0.3) is 0 Å². The first kappa shape index (κ1) is 14.8. The summed E-state index contributed by atoms with van der Waals surface area (Å²) in [5.74, 6) is 0.591. The zero-order valence-corrected chi connectivity index (χ0v) is 11.7. The summed E-state index contributed by atoms with van der Waals surface area (Å²) < 4.78 is 5.51. The number of nitrogens with one attached hydrogen (secondary N) is 2. The fraction of sp³-hybridized carbons (Fsp3) is 0.643. The third-order valence-electron chi connectivity index (χ3n) is 2.34. The van der Waals surface area contributed by atoms with E-state index in [1.807, 2.05) is 12.4 Å². The topological polar surface area (TPSA) is 46.2 Å². The molecule has 0 saturated carbocycles. The normalized spacial score (nSPS) is 10.7. The smallest absolute Gasteiger partial charge is 0.0639 e. The lowest BCUT2D eigenvalue weighted by molar-refractivity contribution is 0.118. The Kier molecular flexibility index (Phi) is 7.18. The van der Waals surface area contributed by atoms with Crippen molar-refractivity contribution >= 4 is 11.4 Å². The van der Waals surface area contributed by atoms with E-state index in [1.54, 1.807) is 0 Å². The first-order valence-electron chi connectivity index (χ1n) is 6.73. The average Bonchev–Trinajstić information content (AvgIpc) is 2.36. The highest BCUT2D eigenvalue weighted by Gasteiger charge is 1.97. The predicted octanol–water partition coefficient (Wildman–Crippen LogP) is 2.99. The van der Waals surface area contributed by atoms with Crippen molar-refractivity contribution in [3.05, 3.63) is 18.5 Å². The molecule has 0 atom stereocenters. The van der Waals surface area contributed by atoms with Crippen molar-refractivity contribution < 1.29 is 4.74 Å². The molecular weight excluding hydrogens is 226 g/mol. The molecule has 4 heteroatoms. The van der Waals surface area contributed by atoms with Crippen LogP contribution in [-0.4, -0.2) is 31.3 Å². The number of hydrogen-bond donors (Lipinski definition) is 2. The second-order valence-corrected chi connectivity index (χ2v) is 4.78. The van der Waals surface area contributed by atoms with E-state index in [1.165, 1.54) is 0 Å². The minimum atomic E-state index is 0.591. The van der Waals surface area contributed by atoms with E-state index in [4.69, 9.17) is 4.74 Å². The van der Waals surface area contributed by atoms with Gasteiger partial charge in [0.1, 0.15) is 0 Å². The molecule has 0 aliphatic carbocycles. The van der Waals surface area contributed by atoms with Gasteiger partial charge in [-0.05, 0) is 18.4 Å². The summed E-state index contributed by atoms with van der Waals surface area (Å²) in [6, 6.07) is 2.07. The molecule has 0 bridgehead atoms. The Morgan fingerprint density at radius 2 is 1.83 bits per heavy atom. The van der Waals surface area contributed by atoms with Crippen molar-refractivity contribution in [2.24, 2.45) is 5.92 Å². The fourth-order valence-electron chi connectivity index (χ4n) is 1.49. The Morgan fingerprint density at radius 1 is 1.17 bits per heavy atom. The van der Waals surface area contributed by atoms with Crippen LogP contribution in [0.5, 0.6) is 0 Å². The van der Waals surface area contributed by atoms with Gasteiger partial charge in [0, 0.05) is 19.7 Å². The van der Waals surface area contributed by atoms with Gasteiger partial charge in [-0.15, -0.1) is 0 Å². The maximum Gasteiger partial charge on any atom is 0.0639 e. The van der Waals surface area contributed by atoms with Crippen LogP contribution in [0, 0.1) is 5.92 Å². The molecule has 1 aromatic rings. The number of pyridine rings is 1. The molecule has 0 aromatic carbocycles. The SMILES string of the molecule is CCCNc1cncc(NCCOCC(C)C)c1. The Hall–Kier alpha value is -1.29. The maximum atomic E-state index is 5.51. The van der Waals surface area contributed by atoms with E-state index in [0.717, 1.165) is 44.1 Å². The van der Waals surface area contributed by atoms with Crippen LogP contribution in [-0.2, 0) is 4.74 Å². The van der Waals surface area contributed by atoms with E-state index < -0.39 is 0 Å². The summed E-state index contributed by atoms with van der Waals surface area (Å²) in [6.45, 7) is 9.78. The number of anilines is 2. The third kappa shape index (κ3) is 6.45. The van der Waals surface area contributed by atoms with Gasteiger partial charge in [-0.3, -0.25) is 4.98 Å². The molecule has 1 heterocycles. The van der Waals surface area contributed by atoms with Gasteiger partial charge in [0.05, 0.1) is 30.4 Å². The average molecular weight is 251 g/mol. The third-order valence-corrected chi connectivity index (χ3v) is 2.34. The van der Waals surface area contributed by atoms with Crippen molar-refractivity contribution in [1.82, 2.24) is 4.98 Å². The summed E-state index contributed by atoms with van der Waals surface area (Å²) in [7, 11) is 0.